The van der Waals surface area contributed by atoms with Gasteiger partial charge >= 0.3 is 5.97 Å². The second-order valence-electron chi connectivity index (χ2n) is 3.12. The fraction of sp³-hybridized carbons (Fsp3) is 0. The number of hydrogen-bond donors (Lipinski definition) is 1. The zero-order valence-corrected chi connectivity index (χ0v) is 8.83. The Morgan fingerprint density at radius 3 is 2.35 bits per heavy atom. The minimum absolute atomic E-state index is 0.214. The largest absolute Gasteiger partial charge is 0.475 e. The molecule has 0 saturated carbocycles. The molecule has 0 saturated heterocycles. The van der Waals surface area contributed by atoms with Crippen LogP contribution in [0.15, 0.2) is 48.1 Å². The molecule has 0 aromatic heterocycles. The second-order valence-corrected chi connectivity index (χ2v) is 3.12. The Kier molecular flexibility index (Phi) is 4.40. The molecule has 4 heteroatoms. The number of benzene rings is 1. The molecule has 1 aromatic carbocycles. The van der Waals surface area contributed by atoms with Crippen LogP contribution in [0.25, 0.3) is 6.08 Å². The number of aliphatic carboxylic acids is 1. The number of ketones is 1. The first-order valence-corrected chi connectivity index (χ1v) is 4.75. The first-order valence-electron chi connectivity index (χ1n) is 4.75. The van der Waals surface area contributed by atoms with Crippen LogP contribution in [0.1, 0.15) is 5.56 Å². The van der Waals surface area contributed by atoms with Crippen molar-refractivity contribution in [1.82, 2.24) is 0 Å². The molecule has 17 heavy (non-hydrogen) atoms. The van der Waals surface area contributed by atoms with Crippen molar-refractivity contribution in [1.29, 1.82) is 5.26 Å². The summed E-state index contributed by atoms with van der Waals surface area (Å²) in [7, 11) is 0. The van der Waals surface area contributed by atoms with Crippen LogP contribution < -0.4 is 0 Å². The number of rotatable bonds is 4. The molecule has 0 radical (unpaired) electrons. The number of nitriles is 1. The molecule has 0 aliphatic rings. The number of carbonyl (C=O) groups is 2. The molecule has 0 spiro atoms. The molecule has 0 unspecified atom stereocenters. The van der Waals surface area contributed by atoms with E-state index >= 15 is 0 Å². The second kappa shape index (κ2) is 6.03. The molecule has 0 aliphatic heterocycles. The van der Waals surface area contributed by atoms with Gasteiger partial charge in [0.25, 0.3) is 5.78 Å². The summed E-state index contributed by atoms with van der Waals surface area (Å²) in [5.74, 6) is -2.60. The third kappa shape index (κ3) is 4.14. The van der Waals surface area contributed by atoms with E-state index in [4.69, 9.17) is 10.4 Å². The summed E-state index contributed by atoms with van der Waals surface area (Å²) in [6.45, 7) is 0. The monoisotopic (exact) mass is 227 g/mol. The minimum Gasteiger partial charge on any atom is -0.475 e. The Hall–Kier alpha value is -2.67. The summed E-state index contributed by atoms with van der Waals surface area (Å²) in [4.78, 5) is 21.0. The van der Waals surface area contributed by atoms with Crippen molar-refractivity contribution in [2.75, 3.05) is 0 Å². The molecule has 0 fully saturated rings. The summed E-state index contributed by atoms with van der Waals surface area (Å²) < 4.78 is 0. The Bertz CT molecular complexity index is 521. The van der Waals surface area contributed by atoms with Crippen molar-refractivity contribution in [3.63, 3.8) is 0 Å². The fourth-order valence-corrected chi connectivity index (χ4v) is 1.08. The van der Waals surface area contributed by atoms with Crippen molar-refractivity contribution in [2.45, 2.75) is 0 Å². The highest BCUT2D eigenvalue weighted by atomic mass is 16.4. The standard InChI is InChI=1S/C13H9NO3/c14-9-11(6-7-12(15)13(16)17)8-10-4-2-1-3-5-10/h1-8H,(H,16,17). The predicted octanol–water partition coefficient (Wildman–Crippen LogP) is 1.80. The van der Waals surface area contributed by atoms with E-state index in [9.17, 15) is 9.59 Å². The number of nitrogens with zero attached hydrogens (tertiary/aromatic N) is 1. The average molecular weight is 227 g/mol. The highest BCUT2D eigenvalue weighted by molar-refractivity contribution is 6.37. The maximum absolute atomic E-state index is 10.8. The summed E-state index contributed by atoms with van der Waals surface area (Å²) in [5.41, 5.74) is 1.02. The van der Waals surface area contributed by atoms with Gasteiger partial charge in [0, 0.05) is 0 Å². The van der Waals surface area contributed by atoms with E-state index in [1.165, 1.54) is 6.08 Å². The van der Waals surface area contributed by atoms with E-state index < -0.39 is 11.8 Å². The summed E-state index contributed by atoms with van der Waals surface area (Å²) >= 11 is 0. The molecule has 1 N–H and O–H groups in total. The molecule has 0 atom stereocenters. The maximum atomic E-state index is 10.8. The van der Waals surface area contributed by atoms with E-state index in [0.717, 1.165) is 11.6 Å². The van der Waals surface area contributed by atoms with Crippen molar-refractivity contribution in [3.05, 3.63) is 53.6 Å². The molecule has 4 nitrogen and oxygen atoms in total. The van der Waals surface area contributed by atoms with Crippen LogP contribution >= 0.6 is 0 Å². The molecule has 84 valence electrons. The lowest BCUT2D eigenvalue weighted by Gasteiger charge is -1.92. The Morgan fingerprint density at radius 1 is 1.18 bits per heavy atom. The van der Waals surface area contributed by atoms with Crippen molar-refractivity contribution in [2.24, 2.45) is 0 Å². The van der Waals surface area contributed by atoms with Crippen molar-refractivity contribution < 1.29 is 14.7 Å². The van der Waals surface area contributed by atoms with Gasteiger partial charge in [0.15, 0.2) is 0 Å². The minimum atomic E-state index is -1.54. The Labute approximate surface area is 98.1 Å². The fourth-order valence-electron chi connectivity index (χ4n) is 1.08. The predicted molar refractivity (Wildman–Crippen MR) is 61.8 cm³/mol. The molecular formula is C13H9NO3. The van der Waals surface area contributed by atoms with Crippen LogP contribution in [-0.4, -0.2) is 16.9 Å². The summed E-state index contributed by atoms with van der Waals surface area (Å²) in [5, 5.41) is 17.2. The van der Waals surface area contributed by atoms with Crippen molar-refractivity contribution in [3.8, 4) is 6.07 Å². The normalized spacial score (nSPS) is 11.1. The number of carboxylic acids is 1. The quantitative estimate of drug-likeness (QED) is 0.368. The molecule has 0 bridgehead atoms. The van der Waals surface area contributed by atoms with Gasteiger partial charge in [-0.15, -0.1) is 0 Å². The summed E-state index contributed by atoms with van der Waals surface area (Å²) in [6, 6.07) is 10.9. The average Bonchev–Trinajstić information content (AvgIpc) is 2.35. The number of hydrogen-bond acceptors (Lipinski definition) is 3. The third-order valence-electron chi connectivity index (χ3n) is 1.88. The van der Waals surface area contributed by atoms with Gasteiger partial charge in [0.05, 0.1) is 11.6 Å². The van der Waals surface area contributed by atoms with Gasteiger partial charge in [-0.05, 0) is 23.8 Å². The summed E-state index contributed by atoms with van der Waals surface area (Å²) in [6.07, 6.45) is 3.61. The van der Waals surface area contributed by atoms with Gasteiger partial charge < -0.3 is 5.11 Å². The zero-order chi connectivity index (χ0) is 12.7. The van der Waals surface area contributed by atoms with E-state index in [1.807, 2.05) is 24.3 Å². The van der Waals surface area contributed by atoms with Gasteiger partial charge in [0.1, 0.15) is 0 Å². The first-order chi connectivity index (χ1) is 8.13. The van der Waals surface area contributed by atoms with Gasteiger partial charge in [-0.3, -0.25) is 4.79 Å². The molecule has 0 amide bonds. The molecular weight excluding hydrogens is 218 g/mol. The van der Waals surface area contributed by atoms with E-state index in [-0.39, 0.29) is 5.57 Å². The number of allylic oxidation sites excluding steroid dienone is 2. The Morgan fingerprint density at radius 2 is 1.82 bits per heavy atom. The van der Waals surface area contributed by atoms with Crippen LogP contribution in [0.5, 0.6) is 0 Å². The number of carbonyl (C=O) groups excluding carboxylic acids is 1. The molecule has 0 heterocycles. The molecule has 1 aromatic rings. The van der Waals surface area contributed by atoms with Crippen molar-refractivity contribution >= 4 is 17.8 Å². The van der Waals surface area contributed by atoms with E-state index in [1.54, 1.807) is 18.2 Å². The van der Waals surface area contributed by atoms with Crippen LogP contribution in [0.2, 0.25) is 0 Å². The highest BCUT2D eigenvalue weighted by Gasteiger charge is 2.05. The van der Waals surface area contributed by atoms with Crippen LogP contribution in [0.3, 0.4) is 0 Å². The zero-order valence-electron chi connectivity index (χ0n) is 8.83. The van der Waals surface area contributed by atoms with Gasteiger partial charge in [-0.1, -0.05) is 30.3 Å². The lowest BCUT2D eigenvalue weighted by Crippen LogP contribution is -2.08. The molecule has 0 aliphatic carbocycles. The van der Waals surface area contributed by atoms with E-state index in [2.05, 4.69) is 0 Å². The van der Waals surface area contributed by atoms with E-state index in [0.29, 0.717) is 0 Å². The lowest BCUT2D eigenvalue weighted by atomic mass is 10.1. The smallest absolute Gasteiger partial charge is 0.376 e. The molecule has 1 rings (SSSR count). The lowest BCUT2D eigenvalue weighted by molar-refractivity contribution is -0.146. The van der Waals surface area contributed by atoms with Gasteiger partial charge in [-0.25, -0.2) is 4.79 Å². The van der Waals surface area contributed by atoms with Crippen LogP contribution in [0, 0.1) is 11.3 Å². The first kappa shape index (κ1) is 12.4. The van der Waals surface area contributed by atoms with Gasteiger partial charge in [-0.2, -0.15) is 5.26 Å². The van der Waals surface area contributed by atoms with Gasteiger partial charge in [0.2, 0.25) is 0 Å². The SMILES string of the molecule is N#CC(C=CC(=O)C(=O)O)=Cc1ccccc1. The van der Waals surface area contributed by atoms with Crippen LogP contribution in [-0.2, 0) is 9.59 Å². The highest BCUT2D eigenvalue weighted by Crippen LogP contribution is 2.06. The topological polar surface area (TPSA) is 78.2 Å². The number of carboxylic acid groups (broad SMARTS) is 1. The maximum Gasteiger partial charge on any atom is 0.376 e. The van der Waals surface area contributed by atoms with Crippen LogP contribution in [0.4, 0.5) is 0 Å². The third-order valence-corrected chi connectivity index (χ3v) is 1.88. The Balaban J connectivity index is 2.88.